The van der Waals surface area contributed by atoms with Crippen LogP contribution in [0.1, 0.15) is 65.2 Å². The summed E-state index contributed by atoms with van der Waals surface area (Å²) in [5.41, 5.74) is 0.0411. The van der Waals surface area contributed by atoms with Gasteiger partial charge in [-0.2, -0.15) is 0 Å². The minimum atomic E-state index is -0.306. The van der Waals surface area contributed by atoms with Crippen molar-refractivity contribution < 1.29 is 15.0 Å². The summed E-state index contributed by atoms with van der Waals surface area (Å²) in [6.07, 6.45) is 6.88. The Kier molecular flexibility index (Phi) is 3.30. The Balaban J connectivity index is 1.69. The van der Waals surface area contributed by atoms with Crippen molar-refractivity contribution in [3.63, 3.8) is 0 Å². The van der Waals surface area contributed by atoms with Gasteiger partial charge in [-0.15, -0.1) is 0 Å². The second-order valence-electron chi connectivity index (χ2n) is 9.19. The van der Waals surface area contributed by atoms with Crippen LogP contribution in [-0.2, 0) is 4.79 Å². The summed E-state index contributed by atoms with van der Waals surface area (Å²) in [5, 5.41) is 21.5. The Morgan fingerprint density at radius 1 is 1.05 bits per heavy atom. The summed E-state index contributed by atoms with van der Waals surface area (Å²) in [7, 11) is 0. The standard InChI is InChI=1S/C19H30O3/c1-18-8-7-12(20)9-11(18)3-4-13-14-5-6-16(22)19(14,2)10-15(21)17(13)18/h11,13-17,21-22H,3-10H2,1-2H3/t11?,13-,14-,15?,16-,17+,18-,19-/m0/s1. The van der Waals surface area contributed by atoms with E-state index in [0.717, 1.165) is 44.9 Å². The van der Waals surface area contributed by atoms with E-state index in [-0.39, 0.29) is 23.0 Å². The highest BCUT2D eigenvalue weighted by Gasteiger charge is 2.62. The maximum Gasteiger partial charge on any atom is 0.133 e. The van der Waals surface area contributed by atoms with Crippen LogP contribution in [0.2, 0.25) is 0 Å². The van der Waals surface area contributed by atoms with Crippen LogP contribution in [0.3, 0.4) is 0 Å². The average molecular weight is 306 g/mol. The summed E-state index contributed by atoms with van der Waals surface area (Å²) in [6.45, 7) is 4.55. The number of carbonyl (C=O) groups is 1. The number of carbonyl (C=O) groups excluding carboxylic acids is 1. The molecule has 0 radical (unpaired) electrons. The van der Waals surface area contributed by atoms with Gasteiger partial charge in [0.15, 0.2) is 0 Å². The number of hydrogen-bond donors (Lipinski definition) is 2. The number of hydrogen-bond acceptors (Lipinski definition) is 3. The molecule has 0 aromatic rings. The molecule has 0 aliphatic heterocycles. The lowest BCUT2D eigenvalue weighted by molar-refractivity contribution is -0.177. The third-order valence-electron chi connectivity index (χ3n) is 8.36. The van der Waals surface area contributed by atoms with Crippen molar-refractivity contribution in [1.29, 1.82) is 0 Å². The van der Waals surface area contributed by atoms with Crippen molar-refractivity contribution in [2.24, 2.45) is 34.5 Å². The highest BCUT2D eigenvalue weighted by atomic mass is 16.3. The number of ketones is 1. The molecule has 0 aromatic heterocycles. The first-order valence-electron chi connectivity index (χ1n) is 9.24. The fourth-order valence-electron chi connectivity index (χ4n) is 7.14. The second-order valence-corrected chi connectivity index (χ2v) is 9.19. The van der Waals surface area contributed by atoms with E-state index in [1.165, 1.54) is 0 Å². The van der Waals surface area contributed by atoms with E-state index >= 15 is 0 Å². The maximum atomic E-state index is 11.9. The molecule has 4 aliphatic carbocycles. The molecule has 0 spiro atoms. The van der Waals surface area contributed by atoms with Gasteiger partial charge in [0.05, 0.1) is 12.2 Å². The summed E-state index contributed by atoms with van der Waals surface area (Å²) in [4.78, 5) is 11.9. The van der Waals surface area contributed by atoms with Crippen LogP contribution in [0, 0.1) is 34.5 Å². The van der Waals surface area contributed by atoms with Crippen molar-refractivity contribution in [2.45, 2.75) is 77.4 Å². The summed E-state index contributed by atoms with van der Waals surface area (Å²) in [5.74, 6) is 2.34. The molecular formula is C19H30O3. The van der Waals surface area contributed by atoms with Crippen LogP contribution >= 0.6 is 0 Å². The number of Topliss-reactive ketones (excluding diaryl/α,β-unsaturated/α-hetero) is 1. The molecule has 8 atom stereocenters. The Bertz CT molecular complexity index is 489. The Labute approximate surface area is 133 Å². The number of aliphatic hydroxyl groups is 2. The van der Waals surface area contributed by atoms with Crippen molar-refractivity contribution in [3.05, 3.63) is 0 Å². The molecule has 22 heavy (non-hydrogen) atoms. The molecule has 2 unspecified atom stereocenters. The molecular weight excluding hydrogens is 276 g/mol. The lowest BCUT2D eigenvalue weighted by Gasteiger charge is -2.61. The fourth-order valence-corrected chi connectivity index (χ4v) is 7.14. The van der Waals surface area contributed by atoms with Crippen LogP contribution in [0.25, 0.3) is 0 Å². The van der Waals surface area contributed by atoms with Crippen molar-refractivity contribution in [3.8, 4) is 0 Å². The normalized spacial score (nSPS) is 57.9. The Hall–Kier alpha value is -0.410. The first-order valence-corrected chi connectivity index (χ1v) is 9.24. The predicted molar refractivity (Wildman–Crippen MR) is 84.1 cm³/mol. The maximum absolute atomic E-state index is 11.9. The third kappa shape index (κ3) is 1.84. The molecule has 0 amide bonds. The SMILES string of the molecule is C[C@]12CC(O)[C@H]3[C@@H](CCC4CC(=O)CC[C@@]43C)[C@@H]1CC[C@@H]2O. The Morgan fingerprint density at radius 2 is 1.82 bits per heavy atom. The molecule has 3 heteroatoms. The zero-order valence-corrected chi connectivity index (χ0v) is 13.9. The molecule has 0 heterocycles. The summed E-state index contributed by atoms with van der Waals surface area (Å²) >= 11 is 0. The van der Waals surface area contributed by atoms with E-state index in [2.05, 4.69) is 13.8 Å². The van der Waals surface area contributed by atoms with E-state index in [0.29, 0.717) is 35.9 Å². The second kappa shape index (κ2) is 4.80. The predicted octanol–water partition coefficient (Wildman–Crippen LogP) is 2.93. The summed E-state index contributed by atoms with van der Waals surface area (Å²) in [6, 6.07) is 0. The van der Waals surface area contributed by atoms with Gasteiger partial charge < -0.3 is 10.2 Å². The number of rotatable bonds is 0. The quantitative estimate of drug-likeness (QED) is 0.723. The zero-order valence-electron chi connectivity index (χ0n) is 13.9. The highest BCUT2D eigenvalue weighted by Crippen LogP contribution is 2.65. The van der Waals surface area contributed by atoms with Crippen LogP contribution in [0.5, 0.6) is 0 Å². The Morgan fingerprint density at radius 3 is 2.59 bits per heavy atom. The van der Waals surface area contributed by atoms with E-state index in [9.17, 15) is 15.0 Å². The molecule has 4 rings (SSSR count). The van der Waals surface area contributed by atoms with Gasteiger partial charge >= 0.3 is 0 Å². The molecule has 4 saturated carbocycles. The molecule has 0 aromatic carbocycles. The van der Waals surface area contributed by atoms with E-state index < -0.39 is 0 Å². The van der Waals surface area contributed by atoms with Crippen molar-refractivity contribution in [1.82, 2.24) is 0 Å². The smallest absolute Gasteiger partial charge is 0.133 e. The zero-order chi connectivity index (χ0) is 15.7. The monoisotopic (exact) mass is 306 g/mol. The lowest BCUT2D eigenvalue weighted by Crippen LogP contribution is -2.59. The molecule has 2 N–H and O–H groups in total. The van der Waals surface area contributed by atoms with Gasteiger partial charge in [-0.1, -0.05) is 13.8 Å². The average Bonchev–Trinajstić information content (AvgIpc) is 2.75. The lowest BCUT2D eigenvalue weighted by atomic mass is 9.44. The van der Waals surface area contributed by atoms with Crippen LogP contribution < -0.4 is 0 Å². The van der Waals surface area contributed by atoms with Gasteiger partial charge in [0.25, 0.3) is 0 Å². The van der Waals surface area contributed by atoms with Gasteiger partial charge in [0.2, 0.25) is 0 Å². The van der Waals surface area contributed by atoms with Crippen LogP contribution in [0.15, 0.2) is 0 Å². The first-order chi connectivity index (χ1) is 10.4. The van der Waals surface area contributed by atoms with E-state index in [4.69, 9.17) is 0 Å². The molecule has 0 saturated heterocycles. The van der Waals surface area contributed by atoms with E-state index in [1.54, 1.807) is 0 Å². The highest BCUT2D eigenvalue weighted by molar-refractivity contribution is 5.79. The third-order valence-corrected chi connectivity index (χ3v) is 8.36. The minimum Gasteiger partial charge on any atom is -0.393 e. The van der Waals surface area contributed by atoms with E-state index in [1.807, 2.05) is 0 Å². The molecule has 0 bridgehead atoms. The molecule has 4 aliphatic rings. The number of aliphatic hydroxyl groups excluding tert-OH is 2. The van der Waals surface area contributed by atoms with Gasteiger partial charge in [-0.3, -0.25) is 4.79 Å². The van der Waals surface area contributed by atoms with Gasteiger partial charge in [0, 0.05) is 12.8 Å². The molecule has 124 valence electrons. The number of fused-ring (bicyclic) bond motifs is 5. The largest absolute Gasteiger partial charge is 0.393 e. The topological polar surface area (TPSA) is 57.5 Å². The van der Waals surface area contributed by atoms with Crippen molar-refractivity contribution >= 4 is 5.78 Å². The minimum absolute atomic E-state index is 0.0890. The first kappa shape index (κ1) is 15.1. The van der Waals surface area contributed by atoms with Gasteiger partial charge in [0.1, 0.15) is 5.78 Å². The fraction of sp³-hybridized carbons (Fsp3) is 0.947. The molecule has 3 nitrogen and oxygen atoms in total. The van der Waals surface area contributed by atoms with Gasteiger partial charge in [-0.05, 0) is 73.0 Å². The van der Waals surface area contributed by atoms with Crippen LogP contribution in [0.4, 0.5) is 0 Å². The van der Waals surface area contributed by atoms with Crippen molar-refractivity contribution in [2.75, 3.05) is 0 Å². The molecule has 4 fully saturated rings. The van der Waals surface area contributed by atoms with Gasteiger partial charge in [-0.25, -0.2) is 0 Å². The summed E-state index contributed by atoms with van der Waals surface area (Å²) < 4.78 is 0. The van der Waals surface area contributed by atoms with Crippen LogP contribution in [-0.4, -0.2) is 28.2 Å².